The smallest absolute Gasteiger partial charge is 0.315 e. The fourth-order valence-corrected chi connectivity index (χ4v) is 4.08. The van der Waals surface area contributed by atoms with E-state index in [9.17, 15) is 4.79 Å². The fourth-order valence-electron chi connectivity index (χ4n) is 3.01. The maximum absolute atomic E-state index is 12.2. The summed E-state index contributed by atoms with van der Waals surface area (Å²) in [6.45, 7) is 4.56. The first-order valence-corrected chi connectivity index (χ1v) is 9.40. The Morgan fingerprint density at radius 1 is 1.38 bits per heavy atom. The Kier molecular flexibility index (Phi) is 5.81. The zero-order chi connectivity index (χ0) is 16.9. The summed E-state index contributed by atoms with van der Waals surface area (Å²) in [5.41, 5.74) is 0. The number of rotatable bonds is 6. The number of carbonyl (C=O) groups excluding carboxylic acids is 1. The Morgan fingerprint density at radius 3 is 2.79 bits per heavy atom. The number of nitrogens with zero attached hydrogens (tertiary/aromatic N) is 1. The number of carbonyl (C=O) groups is 1. The van der Waals surface area contributed by atoms with Crippen LogP contribution in [0.25, 0.3) is 0 Å². The molecule has 7 heteroatoms. The maximum Gasteiger partial charge on any atom is 0.315 e. The molecule has 2 unspecified atom stereocenters. The van der Waals surface area contributed by atoms with E-state index < -0.39 is 0 Å². The molecular weight excluding hydrogens is 346 g/mol. The molecule has 1 aliphatic heterocycles. The zero-order valence-electron chi connectivity index (χ0n) is 13.6. The first-order chi connectivity index (χ1) is 11.6. The van der Waals surface area contributed by atoms with Crippen molar-refractivity contribution in [2.45, 2.75) is 31.8 Å². The Hall–Kier alpha value is -1.50. The molecule has 0 radical (unpaired) electrons. The van der Waals surface area contributed by atoms with E-state index in [1.165, 1.54) is 24.2 Å². The molecule has 2 aromatic rings. The number of hydrogen-bond acceptors (Lipinski definition) is 4. The Bertz CT molecular complexity index is 653. The average Bonchev–Trinajstić information content (AvgIpc) is 3.30. The Balaban J connectivity index is 1.55. The fraction of sp³-hybridized carbons (Fsp3) is 0.471. The normalized spacial score (nSPS) is 17.6. The molecule has 1 saturated heterocycles. The molecular formula is C17H22ClN3O2S. The minimum Gasteiger partial charge on any atom is -0.468 e. The molecule has 2 N–H and O–H groups in total. The van der Waals surface area contributed by atoms with Gasteiger partial charge in [0.1, 0.15) is 5.76 Å². The summed E-state index contributed by atoms with van der Waals surface area (Å²) in [5.74, 6) is 0.898. The van der Waals surface area contributed by atoms with Gasteiger partial charge in [-0.15, -0.1) is 11.3 Å². The first kappa shape index (κ1) is 17.3. The average molecular weight is 368 g/mol. The van der Waals surface area contributed by atoms with Crippen molar-refractivity contribution >= 4 is 29.0 Å². The lowest BCUT2D eigenvalue weighted by Gasteiger charge is -2.26. The topological polar surface area (TPSA) is 57.5 Å². The van der Waals surface area contributed by atoms with Gasteiger partial charge in [-0.1, -0.05) is 11.6 Å². The van der Waals surface area contributed by atoms with E-state index in [0.29, 0.717) is 6.54 Å². The van der Waals surface area contributed by atoms with Crippen LogP contribution in [0.2, 0.25) is 4.34 Å². The van der Waals surface area contributed by atoms with E-state index >= 15 is 0 Å². The largest absolute Gasteiger partial charge is 0.468 e. The predicted octanol–water partition coefficient (Wildman–Crippen LogP) is 4.19. The lowest BCUT2D eigenvalue weighted by Crippen LogP contribution is -2.42. The van der Waals surface area contributed by atoms with Crippen molar-refractivity contribution in [1.82, 2.24) is 15.5 Å². The van der Waals surface area contributed by atoms with Crippen molar-refractivity contribution in [3.8, 4) is 0 Å². The number of urea groups is 1. The third-order valence-corrected chi connectivity index (χ3v) is 5.69. The van der Waals surface area contributed by atoms with Gasteiger partial charge in [0.25, 0.3) is 0 Å². The number of furan rings is 1. The van der Waals surface area contributed by atoms with E-state index in [1.54, 1.807) is 6.26 Å². The third-order valence-electron chi connectivity index (χ3n) is 4.28. The second kappa shape index (κ2) is 8.05. The quantitative estimate of drug-likeness (QED) is 0.804. The molecule has 1 aliphatic rings. The van der Waals surface area contributed by atoms with Crippen LogP contribution in [0.1, 0.15) is 42.5 Å². The Labute approximate surface area is 151 Å². The summed E-state index contributed by atoms with van der Waals surface area (Å²) < 4.78 is 6.29. The van der Waals surface area contributed by atoms with Crippen molar-refractivity contribution < 1.29 is 9.21 Å². The molecule has 5 nitrogen and oxygen atoms in total. The molecule has 2 amide bonds. The van der Waals surface area contributed by atoms with Gasteiger partial charge in [0.15, 0.2) is 0 Å². The van der Waals surface area contributed by atoms with Gasteiger partial charge in [0.05, 0.1) is 22.7 Å². The predicted molar refractivity (Wildman–Crippen MR) is 96.5 cm³/mol. The van der Waals surface area contributed by atoms with Crippen LogP contribution in [0, 0.1) is 0 Å². The highest BCUT2D eigenvalue weighted by molar-refractivity contribution is 7.16. The first-order valence-electron chi connectivity index (χ1n) is 8.20. The molecule has 24 heavy (non-hydrogen) atoms. The van der Waals surface area contributed by atoms with Crippen LogP contribution in [0.5, 0.6) is 0 Å². The summed E-state index contributed by atoms with van der Waals surface area (Å²) >= 11 is 7.43. The lowest BCUT2D eigenvalue weighted by molar-refractivity contribution is 0.202. The van der Waals surface area contributed by atoms with Gasteiger partial charge in [-0.2, -0.15) is 0 Å². The lowest BCUT2D eigenvalue weighted by atomic mass is 10.2. The summed E-state index contributed by atoms with van der Waals surface area (Å²) in [4.78, 5) is 15.6. The minimum absolute atomic E-state index is 0.0728. The summed E-state index contributed by atoms with van der Waals surface area (Å²) in [6.07, 6.45) is 4.07. The molecule has 0 saturated carbocycles. The standard InChI is InChI=1S/C17H22ClN3O2S/c1-12(15-6-7-16(18)24-15)20-17(22)19-11-13(14-5-4-10-23-14)21-8-2-3-9-21/h4-7,10,12-13H,2-3,8-9,11H2,1H3,(H2,19,20,22). The van der Waals surface area contributed by atoms with E-state index in [-0.39, 0.29) is 18.1 Å². The van der Waals surface area contributed by atoms with E-state index in [2.05, 4.69) is 15.5 Å². The second-order valence-corrected chi connectivity index (χ2v) is 7.74. The van der Waals surface area contributed by atoms with Crippen molar-refractivity contribution in [2.24, 2.45) is 0 Å². The number of likely N-dealkylation sites (tertiary alicyclic amines) is 1. The van der Waals surface area contributed by atoms with Gasteiger partial charge >= 0.3 is 6.03 Å². The van der Waals surface area contributed by atoms with Gasteiger partial charge in [-0.05, 0) is 57.1 Å². The van der Waals surface area contributed by atoms with Crippen LogP contribution in [-0.4, -0.2) is 30.6 Å². The van der Waals surface area contributed by atoms with Crippen LogP contribution < -0.4 is 10.6 Å². The number of nitrogens with one attached hydrogen (secondary N) is 2. The maximum atomic E-state index is 12.2. The zero-order valence-corrected chi connectivity index (χ0v) is 15.2. The highest BCUT2D eigenvalue weighted by Crippen LogP contribution is 2.27. The Morgan fingerprint density at radius 2 is 2.17 bits per heavy atom. The minimum atomic E-state index is -0.178. The van der Waals surface area contributed by atoms with Crippen LogP contribution >= 0.6 is 22.9 Å². The van der Waals surface area contributed by atoms with Crippen molar-refractivity contribution in [3.63, 3.8) is 0 Å². The van der Waals surface area contributed by atoms with Crippen LogP contribution in [0.3, 0.4) is 0 Å². The summed E-state index contributed by atoms with van der Waals surface area (Å²) in [5, 5.41) is 5.93. The highest BCUT2D eigenvalue weighted by atomic mass is 35.5. The molecule has 0 aliphatic carbocycles. The molecule has 0 bridgehead atoms. The van der Waals surface area contributed by atoms with Gasteiger partial charge in [-0.3, -0.25) is 4.90 Å². The number of amides is 2. The third kappa shape index (κ3) is 4.32. The highest BCUT2D eigenvalue weighted by Gasteiger charge is 2.26. The van der Waals surface area contributed by atoms with Gasteiger partial charge in [0.2, 0.25) is 0 Å². The molecule has 130 valence electrons. The molecule has 1 fully saturated rings. The second-order valence-electron chi connectivity index (χ2n) is 5.99. The van der Waals surface area contributed by atoms with Gasteiger partial charge in [0, 0.05) is 11.4 Å². The van der Waals surface area contributed by atoms with Crippen LogP contribution in [0.4, 0.5) is 4.79 Å². The molecule has 3 rings (SSSR count). The molecule has 3 heterocycles. The van der Waals surface area contributed by atoms with Crippen LogP contribution in [0.15, 0.2) is 34.9 Å². The van der Waals surface area contributed by atoms with Gasteiger partial charge in [-0.25, -0.2) is 4.79 Å². The summed E-state index contributed by atoms with van der Waals surface area (Å²) in [7, 11) is 0. The number of halogens is 1. The SMILES string of the molecule is CC(NC(=O)NCC(c1ccco1)N1CCCC1)c1ccc(Cl)s1. The monoisotopic (exact) mass is 367 g/mol. The van der Waals surface area contributed by atoms with Crippen LogP contribution in [-0.2, 0) is 0 Å². The van der Waals surface area contributed by atoms with Crippen molar-refractivity contribution in [3.05, 3.63) is 45.5 Å². The van der Waals surface area contributed by atoms with E-state index in [0.717, 1.165) is 28.1 Å². The summed E-state index contributed by atoms with van der Waals surface area (Å²) in [6, 6.07) is 7.48. The molecule has 2 atom stereocenters. The number of thiophene rings is 1. The molecule has 0 aromatic carbocycles. The van der Waals surface area contributed by atoms with Gasteiger partial charge < -0.3 is 15.1 Å². The van der Waals surface area contributed by atoms with E-state index in [4.69, 9.17) is 16.0 Å². The van der Waals surface area contributed by atoms with Crippen molar-refractivity contribution in [2.75, 3.05) is 19.6 Å². The van der Waals surface area contributed by atoms with Crippen molar-refractivity contribution in [1.29, 1.82) is 0 Å². The number of hydrogen-bond donors (Lipinski definition) is 2. The molecule has 0 spiro atoms. The molecule has 2 aromatic heterocycles. The van der Waals surface area contributed by atoms with E-state index in [1.807, 2.05) is 31.2 Å².